The molecule has 0 bridgehead atoms. The maximum absolute atomic E-state index is 13.3. The topological polar surface area (TPSA) is 60.2 Å². The molecule has 0 spiro atoms. The summed E-state index contributed by atoms with van der Waals surface area (Å²) in [7, 11) is 0. The van der Waals surface area contributed by atoms with Crippen molar-refractivity contribution < 1.29 is 4.74 Å². The fourth-order valence-corrected chi connectivity index (χ4v) is 3.88. The minimum Gasteiger partial charge on any atom is -0.379 e. The number of halogens is 1. The van der Waals surface area contributed by atoms with E-state index in [2.05, 4.69) is 27.1 Å². The third-order valence-corrected chi connectivity index (χ3v) is 5.76. The molecule has 1 aliphatic rings. The summed E-state index contributed by atoms with van der Waals surface area (Å²) in [5.41, 5.74) is 2.25. The zero-order valence-electron chi connectivity index (χ0n) is 17.0. The lowest BCUT2D eigenvalue weighted by Crippen LogP contribution is -2.44. The highest BCUT2D eigenvalue weighted by Gasteiger charge is 2.23. The van der Waals surface area contributed by atoms with Crippen LogP contribution in [0.4, 0.5) is 0 Å². The van der Waals surface area contributed by atoms with Crippen molar-refractivity contribution in [2.24, 2.45) is 0 Å². The smallest absolute Gasteiger partial charge is 0.290 e. The molecule has 1 unspecified atom stereocenters. The maximum atomic E-state index is 13.3. The molecule has 1 fully saturated rings. The van der Waals surface area contributed by atoms with Gasteiger partial charge in [-0.1, -0.05) is 54.1 Å². The van der Waals surface area contributed by atoms with Crippen LogP contribution in [0, 0.1) is 0 Å². The number of hydrogen-bond acceptors (Lipinski definition) is 5. The van der Waals surface area contributed by atoms with Crippen molar-refractivity contribution in [2.75, 3.05) is 26.3 Å². The van der Waals surface area contributed by atoms with Gasteiger partial charge in [-0.25, -0.2) is 9.67 Å². The number of benzene rings is 2. The molecule has 1 aromatic heterocycles. The first-order chi connectivity index (χ1) is 14.6. The molecule has 6 nitrogen and oxygen atoms in total. The van der Waals surface area contributed by atoms with Gasteiger partial charge in [0.2, 0.25) is 0 Å². The van der Waals surface area contributed by atoms with Crippen LogP contribution in [0.25, 0.3) is 11.4 Å². The van der Waals surface area contributed by atoms with Crippen molar-refractivity contribution in [1.82, 2.24) is 19.7 Å². The molecule has 1 aliphatic heterocycles. The fraction of sp³-hybridized carbons (Fsp3) is 0.348. The van der Waals surface area contributed by atoms with Crippen LogP contribution in [0.3, 0.4) is 0 Å². The molecule has 1 saturated heterocycles. The second-order valence-corrected chi connectivity index (χ2v) is 7.78. The predicted octanol–water partition coefficient (Wildman–Crippen LogP) is 3.59. The molecule has 1 atom stereocenters. The zero-order chi connectivity index (χ0) is 20.9. The van der Waals surface area contributed by atoms with Gasteiger partial charge >= 0.3 is 0 Å². The molecule has 4 rings (SSSR count). The first-order valence-corrected chi connectivity index (χ1v) is 10.6. The summed E-state index contributed by atoms with van der Waals surface area (Å²) in [5.74, 6) is 0.475. The van der Waals surface area contributed by atoms with Gasteiger partial charge in [0, 0.05) is 18.7 Å². The standard InChI is InChI=1S/C23H25ClN4O2/c1-17(27-13-15-30-16-14-27)28-23(29)21(12-11-18-7-3-2-4-8-18)25-22(26-28)19-9-5-6-10-20(19)24/h2-10,17H,11-16H2,1H3. The number of rotatable bonds is 6. The van der Waals surface area contributed by atoms with Crippen molar-refractivity contribution in [2.45, 2.75) is 25.9 Å². The van der Waals surface area contributed by atoms with Gasteiger partial charge in [-0.2, -0.15) is 0 Å². The van der Waals surface area contributed by atoms with Crippen LogP contribution in [0.15, 0.2) is 59.4 Å². The Hall–Kier alpha value is -2.54. The highest BCUT2D eigenvalue weighted by atomic mass is 35.5. The summed E-state index contributed by atoms with van der Waals surface area (Å²) in [4.78, 5) is 20.1. The molecule has 0 N–H and O–H groups in total. The van der Waals surface area contributed by atoms with Gasteiger partial charge in [-0.3, -0.25) is 9.69 Å². The Bertz CT molecular complexity index is 1050. The summed E-state index contributed by atoms with van der Waals surface area (Å²) in [5, 5.41) is 5.19. The molecule has 7 heteroatoms. The van der Waals surface area contributed by atoms with E-state index < -0.39 is 0 Å². The predicted molar refractivity (Wildman–Crippen MR) is 118 cm³/mol. The van der Waals surface area contributed by atoms with E-state index in [0.29, 0.717) is 36.2 Å². The first kappa shape index (κ1) is 20.7. The van der Waals surface area contributed by atoms with Gasteiger partial charge in [0.25, 0.3) is 5.56 Å². The van der Waals surface area contributed by atoms with Crippen LogP contribution >= 0.6 is 11.6 Å². The number of aromatic nitrogens is 3. The fourth-order valence-electron chi connectivity index (χ4n) is 3.66. The van der Waals surface area contributed by atoms with Gasteiger partial charge in [0.05, 0.1) is 18.2 Å². The second kappa shape index (κ2) is 9.51. The molecule has 0 radical (unpaired) electrons. The second-order valence-electron chi connectivity index (χ2n) is 7.38. The molecular weight excluding hydrogens is 400 g/mol. The molecule has 0 aliphatic carbocycles. The average Bonchev–Trinajstić information content (AvgIpc) is 2.79. The average molecular weight is 425 g/mol. The SMILES string of the molecule is CC(N1CCOCC1)n1nc(-c2ccccc2Cl)nc(CCc2ccccc2)c1=O. The molecule has 156 valence electrons. The summed E-state index contributed by atoms with van der Waals surface area (Å²) in [6, 6.07) is 17.6. The summed E-state index contributed by atoms with van der Waals surface area (Å²) in [6.45, 7) is 4.83. The van der Waals surface area contributed by atoms with Gasteiger partial charge < -0.3 is 4.74 Å². The molecule has 3 aromatic rings. The molecule has 30 heavy (non-hydrogen) atoms. The third-order valence-electron chi connectivity index (χ3n) is 5.43. The Kier molecular flexibility index (Phi) is 6.57. The lowest BCUT2D eigenvalue weighted by molar-refractivity contribution is -0.000968. The maximum Gasteiger partial charge on any atom is 0.290 e. The number of hydrogen-bond donors (Lipinski definition) is 0. The molecule has 2 aromatic carbocycles. The summed E-state index contributed by atoms with van der Waals surface area (Å²) in [6.07, 6.45) is 1.08. The van der Waals surface area contributed by atoms with Crippen molar-refractivity contribution >= 4 is 11.6 Å². The van der Waals surface area contributed by atoms with Crippen LogP contribution in [0.5, 0.6) is 0 Å². The number of ether oxygens (including phenoxy) is 1. The molecular formula is C23H25ClN4O2. The van der Waals surface area contributed by atoms with E-state index in [1.54, 1.807) is 4.68 Å². The van der Waals surface area contributed by atoms with E-state index in [-0.39, 0.29) is 11.7 Å². The Labute approximate surface area is 181 Å². The van der Waals surface area contributed by atoms with Gasteiger partial charge in [-0.05, 0) is 37.5 Å². The van der Waals surface area contributed by atoms with Crippen molar-refractivity contribution in [3.05, 3.63) is 81.2 Å². The normalized spacial score (nSPS) is 15.8. The van der Waals surface area contributed by atoms with E-state index in [0.717, 1.165) is 25.1 Å². The molecule has 0 amide bonds. The highest BCUT2D eigenvalue weighted by molar-refractivity contribution is 6.33. The summed E-state index contributed by atoms with van der Waals surface area (Å²) < 4.78 is 7.01. The number of morpholine rings is 1. The van der Waals surface area contributed by atoms with Crippen molar-refractivity contribution in [3.8, 4) is 11.4 Å². The summed E-state index contributed by atoms with van der Waals surface area (Å²) >= 11 is 6.41. The van der Waals surface area contributed by atoms with Gasteiger partial charge in [0.1, 0.15) is 11.9 Å². The Morgan fingerprint density at radius 3 is 2.47 bits per heavy atom. The molecule has 2 heterocycles. The first-order valence-electron chi connectivity index (χ1n) is 10.2. The van der Waals surface area contributed by atoms with Gasteiger partial charge in [0.15, 0.2) is 5.82 Å². The van der Waals surface area contributed by atoms with E-state index in [4.69, 9.17) is 16.3 Å². The quantitative estimate of drug-likeness (QED) is 0.605. The van der Waals surface area contributed by atoms with Crippen LogP contribution in [0.2, 0.25) is 5.02 Å². The minimum absolute atomic E-state index is 0.152. The van der Waals surface area contributed by atoms with Crippen molar-refractivity contribution in [3.63, 3.8) is 0 Å². The van der Waals surface area contributed by atoms with Crippen molar-refractivity contribution in [1.29, 1.82) is 0 Å². The zero-order valence-corrected chi connectivity index (χ0v) is 17.8. The Morgan fingerprint density at radius 2 is 1.73 bits per heavy atom. The monoisotopic (exact) mass is 424 g/mol. The van der Waals surface area contributed by atoms with Crippen LogP contribution in [0.1, 0.15) is 24.3 Å². The van der Waals surface area contributed by atoms with E-state index in [1.807, 2.05) is 49.4 Å². The highest BCUT2D eigenvalue weighted by Crippen LogP contribution is 2.25. The largest absolute Gasteiger partial charge is 0.379 e. The Balaban J connectivity index is 1.73. The van der Waals surface area contributed by atoms with Crippen LogP contribution in [-0.2, 0) is 17.6 Å². The van der Waals surface area contributed by atoms with Crippen LogP contribution in [-0.4, -0.2) is 46.0 Å². The molecule has 0 saturated carbocycles. The van der Waals surface area contributed by atoms with Gasteiger partial charge in [-0.15, -0.1) is 5.10 Å². The van der Waals surface area contributed by atoms with Crippen LogP contribution < -0.4 is 5.56 Å². The third kappa shape index (κ3) is 4.61. The van der Waals surface area contributed by atoms with E-state index in [1.165, 1.54) is 5.56 Å². The lowest BCUT2D eigenvalue weighted by atomic mass is 10.1. The Morgan fingerprint density at radius 1 is 1.03 bits per heavy atom. The number of nitrogens with zero attached hydrogens (tertiary/aromatic N) is 4. The van der Waals surface area contributed by atoms with E-state index >= 15 is 0 Å². The minimum atomic E-state index is -0.193. The lowest BCUT2D eigenvalue weighted by Gasteiger charge is -2.32. The number of aryl methyl sites for hydroxylation is 2. The van der Waals surface area contributed by atoms with E-state index in [9.17, 15) is 4.79 Å².